The van der Waals surface area contributed by atoms with Gasteiger partial charge in [-0.2, -0.15) is 0 Å². The standard InChI is InChI=1S/C28H24N4O5/c1-31-26(35)24(33)22(25(34)29-20-10-6-3-7-11-20)30-28(31)32-15-14-18-16-19(27(36)37)12-13-21(18)23(32)17-8-4-2-5-9-17/h2-13,16,23,33H,14-15H2,1H3,(H,29,34)(H,36,37)/t23-/m0/s1. The molecule has 2 heterocycles. The van der Waals surface area contributed by atoms with Crippen molar-refractivity contribution in [3.05, 3.63) is 117 Å². The Hall–Kier alpha value is -4.92. The molecule has 1 aromatic heterocycles. The summed E-state index contributed by atoms with van der Waals surface area (Å²) >= 11 is 0. The fourth-order valence-corrected chi connectivity index (χ4v) is 4.68. The first-order chi connectivity index (χ1) is 17.8. The molecule has 1 aliphatic rings. The molecule has 3 N–H and O–H groups in total. The Morgan fingerprint density at radius 3 is 2.35 bits per heavy atom. The quantitative estimate of drug-likeness (QED) is 0.386. The van der Waals surface area contributed by atoms with Crippen molar-refractivity contribution in [3.63, 3.8) is 0 Å². The van der Waals surface area contributed by atoms with Crippen LogP contribution in [0.25, 0.3) is 0 Å². The van der Waals surface area contributed by atoms with Gasteiger partial charge in [0.2, 0.25) is 11.7 Å². The van der Waals surface area contributed by atoms with Gasteiger partial charge in [0.05, 0.1) is 11.6 Å². The molecule has 0 aliphatic carbocycles. The summed E-state index contributed by atoms with van der Waals surface area (Å²) in [6.45, 7) is 0.403. The van der Waals surface area contributed by atoms with Crippen molar-refractivity contribution < 1.29 is 19.8 Å². The molecule has 0 bridgehead atoms. The number of aromatic hydroxyl groups is 1. The number of hydrogen-bond donors (Lipinski definition) is 3. The van der Waals surface area contributed by atoms with Crippen LogP contribution in [0.15, 0.2) is 83.7 Å². The Labute approximate surface area is 212 Å². The number of nitrogens with one attached hydrogen (secondary N) is 1. The summed E-state index contributed by atoms with van der Waals surface area (Å²) in [6, 6.07) is 22.9. The van der Waals surface area contributed by atoms with Crippen LogP contribution in [-0.4, -0.2) is 38.2 Å². The number of nitrogens with zero attached hydrogens (tertiary/aromatic N) is 3. The second-order valence-electron chi connectivity index (χ2n) is 8.77. The maximum absolute atomic E-state index is 13.0. The Morgan fingerprint density at radius 2 is 1.68 bits per heavy atom. The van der Waals surface area contributed by atoms with Gasteiger partial charge in [0.25, 0.3) is 11.5 Å². The van der Waals surface area contributed by atoms with Gasteiger partial charge in [-0.15, -0.1) is 0 Å². The predicted molar refractivity (Wildman–Crippen MR) is 138 cm³/mol. The number of carbonyl (C=O) groups excluding carboxylic acids is 1. The van der Waals surface area contributed by atoms with E-state index in [1.54, 1.807) is 48.5 Å². The number of para-hydroxylation sites is 1. The van der Waals surface area contributed by atoms with Gasteiger partial charge < -0.3 is 20.4 Å². The zero-order valence-corrected chi connectivity index (χ0v) is 20.0. The van der Waals surface area contributed by atoms with E-state index < -0.39 is 29.2 Å². The number of carboxylic acid groups (broad SMARTS) is 1. The van der Waals surface area contributed by atoms with Crippen molar-refractivity contribution in [3.8, 4) is 5.75 Å². The van der Waals surface area contributed by atoms with Crippen molar-refractivity contribution >= 4 is 23.5 Å². The molecule has 37 heavy (non-hydrogen) atoms. The van der Waals surface area contributed by atoms with E-state index in [1.807, 2.05) is 35.2 Å². The second kappa shape index (κ2) is 9.62. The van der Waals surface area contributed by atoms with Gasteiger partial charge in [-0.25, -0.2) is 9.78 Å². The number of amides is 1. The second-order valence-corrected chi connectivity index (χ2v) is 8.77. The molecule has 1 atom stereocenters. The lowest BCUT2D eigenvalue weighted by molar-refractivity contribution is 0.0696. The lowest BCUT2D eigenvalue weighted by Crippen LogP contribution is -2.41. The molecular weight excluding hydrogens is 472 g/mol. The lowest BCUT2D eigenvalue weighted by Gasteiger charge is -2.39. The van der Waals surface area contributed by atoms with Gasteiger partial charge in [0.15, 0.2) is 5.69 Å². The van der Waals surface area contributed by atoms with Gasteiger partial charge in [-0.05, 0) is 47.4 Å². The smallest absolute Gasteiger partial charge is 0.335 e. The number of fused-ring (bicyclic) bond motifs is 1. The number of benzene rings is 3. The molecule has 9 nitrogen and oxygen atoms in total. The molecule has 0 saturated carbocycles. The molecule has 0 fully saturated rings. The fraction of sp³-hybridized carbons (Fsp3) is 0.143. The molecule has 0 unspecified atom stereocenters. The highest BCUT2D eigenvalue weighted by molar-refractivity contribution is 6.04. The van der Waals surface area contributed by atoms with Crippen molar-refractivity contribution in [2.45, 2.75) is 12.5 Å². The van der Waals surface area contributed by atoms with E-state index in [9.17, 15) is 24.6 Å². The van der Waals surface area contributed by atoms with Crippen molar-refractivity contribution in [2.75, 3.05) is 16.8 Å². The van der Waals surface area contributed by atoms with E-state index in [1.165, 1.54) is 11.6 Å². The third-order valence-corrected chi connectivity index (χ3v) is 6.48. The molecule has 186 valence electrons. The molecule has 1 amide bonds. The van der Waals surface area contributed by atoms with E-state index in [4.69, 9.17) is 0 Å². The van der Waals surface area contributed by atoms with E-state index in [0.717, 1.165) is 16.7 Å². The van der Waals surface area contributed by atoms with Crippen LogP contribution in [0.4, 0.5) is 11.6 Å². The maximum Gasteiger partial charge on any atom is 0.335 e. The zero-order valence-electron chi connectivity index (χ0n) is 20.0. The highest BCUT2D eigenvalue weighted by Crippen LogP contribution is 2.38. The van der Waals surface area contributed by atoms with Gasteiger partial charge in [-0.3, -0.25) is 14.2 Å². The molecule has 1 aliphatic heterocycles. The van der Waals surface area contributed by atoms with E-state index >= 15 is 0 Å². The molecule has 0 radical (unpaired) electrons. The van der Waals surface area contributed by atoms with Crippen LogP contribution < -0.4 is 15.8 Å². The Balaban J connectivity index is 1.63. The minimum absolute atomic E-state index is 0.203. The van der Waals surface area contributed by atoms with Gasteiger partial charge in [-0.1, -0.05) is 54.6 Å². The van der Waals surface area contributed by atoms with Crippen molar-refractivity contribution in [2.24, 2.45) is 7.05 Å². The van der Waals surface area contributed by atoms with Crippen LogP contribution in [-0.2, 0) is 13.5 Å². The Morgan fingerprint density at radius 1 is 1.00 bits per heavy atom. The first-order valence-corrected chi connectivity index (χ1v) is 11.7. The summed E-state index contributed by atoms with van der Waals surface area (Å²) in [7, 11) is 1.49. The number of anilines is 2. The summed E-state index contributed by atoms with van der Waals surface area (Å²) in [5.74, 6) is -2.23. The molecular formula is C28H24N4O5. The zero-order chi connectivity index (χ0) is 26.1. The number of rotatable bonds is 5. The average Bonchev–Trinajstić information content (AvgIpc) is 2.92. The van der Waals surface area contributed by atoms with Crippen LogP contribution in [0.2, 0.25) is 0 Å². The lowest BCUT2D eigenvalue weighted by atomic mass is 9.87. The normalized spacial score (nSPS) is 14.6. The summed E-state index contributed by atoms with van der Waals surface area (Å²) in [5, 5.41) is 22.7. The monoisotopic (exact) mass is 496 g/mol. The van der Waals surface area contributed by atoms with Crippen molar-refractivity contribution in [1.29, 1.82) is 0 Å². The van der Waals surface area contributed by atoms with Gasteiger partial charge >= 0.3 is 5.97 Å². The SMILES string of the molecule is Cn1c(N2CCc3cc(C(=O)O)ccc3[C@@H]2c2ccccc2)nc(C(=O)Nc2ccccc2)c(O)c1=O. The minimum atomic E-state index is -1.00. The van der Waals surface area contributed by atoms with Crippen LogP contribution in [0, 0.1) is 0 Å². The number of hydrogen-bond acceptors (Lipinski definition) is 6. The van der Waals surface area contributed by atoms with Crippen LogP contribution in [0.1, 0.15) is 43.6 Å². The molecule has 0 saturated heterocycles. The third-order valence-electron chi connectivity index (χ3n) is 6.48. The number of carbonyl (C=O) groups is 2. The fourth-order valence-electron chi connectivity index (χ4n) is 4.68. The number of aromatic nitrogens is 2. The van der Waals surface area contributed by atoms with Crippen LogP contribution >= 0.6 is 0 Å². The first kappa shape index (κ1) is 23.8. The largest absolute Gasteiger partial charge is 0.501 e. The molecule has 4 aromatic rings. The maximum atomic E-state index is 13.0. The molecule has 3 aromatic carbocycles. The Kier molecular flexibility index (Phi) is 6.19. The number of aromatic carboxylic acids is 1. The highest BCUT2D eigenvalue weighted by atomic mass is 16.4. The van der Waals surface area contributed by atoms with Gasteiger partial charge in [0, 0.05) is 19.3 Å². The van der Waals surface area contributed by atoms with E-state index in [2.05, 4.69) is 10.3 Å². The highest BCUT2D eigenvalue weighted by Gasteiger charge is 2.33. The summed E-state index contributed by atoms with van der Waals surface area (Å²) in [6.07, 6.45) is 0.502. The van der Waals surface area contributed by atoms with E-state index in [0.29, 0.717) is 18.7 Å². The molecule has 5 rings (SSSR count). The van der Waals surface area contributed by atoms with Gasteiger partial charge in [0.1, 0.15) is 0 Å². The summed E-state index contributed by atoms with van der Waals surface area (Å²) in [4.78, 5) is 44.0. The third kappa shape index (κ3) is 4.42. The number of carboxylic acids is 1. The molecule has 9 heteroatoms. The topological polar surface area (TPSA) is 125 Å². The first-order valence-electron chi connectivity index (χ1n) is 11.7. The van der Waals surface area contributed by atoms with Crippen molar-refractivity contribution in [1.82, 2.24) is 9.55 Å². The van der Waals surface area contributed by atoms with E-state index in [-0.39, 0.29) is 17.2 Å². The average molecular weight is 497 g/mol. The summed E-state index contributed by atoms with van der Waals surface area (Å²) < 4.78 is 1.22. The molecule has 0 spiro atoms. The minimum Gasteiger partial charge on any atom is -0.501 e. The summed E-state index contributed by atoms with van der Waals surface area (Å²) in [5.41, 5.74) is 2.25. The van der Waals surface area contributed by atoms with Crippen LogP contribution in [0.3, 0.4) is 0 Å². The Bertz CT molecular complexity index is 1550. The van der Waals surface area contributed by atoms with Crippen LogP contribution in [0.5, 0.6) is 5.75 Å². The predicted octanol–water partition coefficient (Wildman–Crippen LogP) is 3.59.